The van der Waals surface area contributed by atoms with Gasteiger partial charge in [-0.25, -0.2) is 4.79 Å². The van der Waals surface area contributed by atoms with Crippen LogP contribution in [0.15, 0.2) is 6.07 Å². The van der Waals surface area contributed by atoms with Gasteiger partial charge in [0.25, 0.3) is 0 Å². The van der Waals surface area contributed by atoms with Crippen molar-refractivity contribution >= 4 is 6.09 Å². The van der Waals surface area contributed by atoms with E-state index < -0.39 is 17.1 Å². The highest BCUT2D eigenvalue weighted by Crippen LogP contribution is 2.22. The summed E-state index contributed by atoms with van der Waals surface area (Å²) >= 11 is 0. The van der Waals surface area contributed by atoms with Gasteiger partial charge in [-0.1, -0.05) is 13.8 Å². The zero-order chi connectivity index (χ0) is 17.0. The fourth-order valence-electron chi connectivity index (χ4n) is 2.12. The van der Waals surface area contributed by atoms with Crippen LogP contribution in [0.5, 0.6) is 0 Å². The summed E-state index contributed by atoms with van der Waals surface area (Å²) in [4.78, 5) is 11.8. The Morgan fingerprint density at radius 1 is 1.41 bits per heavy atom. The molecular weight excluding hydrogens is 282 g/mol. The SMILES string of the molecule is CCc1cc(CC(C)(CO)CNC(=O)OC(C)(C)C)n(C)n1. The van der Waals surface area contributed by atoms with Crippen molar-refractivity contribution in [2.24, 2.45) is 12.5 Å². The minimum absolute atomic E-state index is 0.0323. The molecule has 2 N–H and O–H groups in total. The first-order valence-electron chi connectivity index (χ1n) is 7.68. The average molecular weight is 311 g/mol. The largest absolute Gasteiger partial charge is 0.444 e. The van der Waals surface area contributed by atoms with Crippen LogP contribution in [0.4, 0.5) is 4.79 Å². The lowest BCUT2D eigenvalue weighted by Gasteiger charge is -2.28. The van der Waals surface area contributed by atoms with E-state index in [0.29, 0.717) is 13.0 Å². The topological polar surface area (TPSA) is 76.4 Å². The van der Waals surface area contributed by atoms with Crippen LogP contribution in [-0.4, -0.2) is 39.7 Å². The summed E-state index contributed by atoms with van der Waals surface area (Å²) in [6, 6.07) is 2.04. The molecule has 0 saturated carbocycles. The number of hydrogen-bond donors (Lipinski definition) is 2. The van der Waals surface area contributed by atoms with E-state index in [0.717, 1.165) is 17.8 Å². The zero-order valence-corrected chi connectivity index (χ0v) is 14.6. The minimum atomic E-state index is -0.530. The highest BCUT2D eigenvalue weighted by Gasteiger charge is 2.27. The predicted molar refractivity (Wildman–Crippen MR) is 85.7 cm³/mol. The summed E-state index contributed by atoms with van der Waals surface area (Å²) in [5.74, 6) is 0. The zero-order valence-electron chi connectivity index (χ0n) is 14.6. The first-order valence-corrected chi connectivity index (χ1v) is 7.68. The molecule has 1 aromatic rings. The molecule has 0 saturated heterocycles. The lowest BCUT2D eigenvalue weighted by atomic mass is 9.86. The number of alkyl carbamates (subject to hydrolysis) is 1. The van der Waals surface area contributed by atoms with Crippen molar-refractivity contribution in [3.05, 3.63) is 17.5 Å². The number of nitrogens with zero attached hydrogens (tertiary/aromatic N) is 2. The van der Waals surface area contributed by atoms with E-state index in [2.05, 4.69) is 17.3 Å². The third-order valence-corrected chi connectivity index (χ3v) is 3.44. The normalized spacial score (nSPS) is 14.5. The summed E-state index contributed by atoms with van der Waals surface area (Å²) in [6.45, 7) is 9.75. The number of hydrogen-bond acceptors (Lipinski definition) is 4. The van der Waals surface area contributed by atoms with Gasteiger partial charge in [-0.05, 0) is 39.7 Å². The summed E-state index contributed by atoms with van der Waals surface area (Å²) in [7, 11) is 1.90. The first kappa shape index (κ1) is 18.5. The van der Waals surface area contributed by atoms with Crippen LogP contribution in [-0.2, 0) is 24.6 Å². The van der Waals surface area contributed by atoms with Gasteiger partial charge in [0.05, 0.1) is 12.3 Å². The van der Waals surface area contributed by atoms with E-state index in [1.807, 2.05) is 45.5 Å². The Bertz CT molecular complexity index is 505. The Hall–Kier alpha value is -1.56. The number of aliphatic hydroxyl groups excluding tert-OH is 1. The molecule has 1 amide bonds. The molecule has 0 bridgehead atoms. The molecule has 1 heterocycles. The van der Waals surface area contributed by atoms with E-state index in [1.165, 1.54) is 0 Å². The number of aromatic nitrogens is 2. The van der Waals surface area contributed by atoms with Crippen molar-refractivity contribution in [1.29, 1.82) is 0 Å². The van der Waals surface area contributed by atoms with Crippen molar-refractivity contribution in [3.63, 3.8) is 0 Å². The van der Waals surface area contributed by atoms with Crippen LogP contribution in [0.25, 0.3) is 0 Å². The molecule has 0 aliphatic carbocycles. The number of nitrogens with one attached hydrogen (secondary N) is 1. The molecule has 0 aromatic carbocycles. The molecule has 0 spiro atoms. The second kappa shape index (κ2) is 7.13. The van der Waals surface area contributed by atoms with Crippen LogP contribution >= 0.6 is 0 Å². The van der Waals surface area contributed by atoms with Gasteiger partial charge in [-0.2, -0.15) is 5.10 Å². The molecule has 126 valence electrons. The molecular formula is C16H29N3O3. The number of carbonyl (C=O) groups excluding carboxylic acids is 1. The van der Waals surface area contributed by atoms with Gasteiger partial charge < -0.3 is 15.2 Å². The Kier molecular flexibility index (Phi) is 6.00. The van der Waals surface area contributed by atoms with Gasteiger partial charge in [0.15, 0.2) is 0 Å². The standard InChI is InChI=1S/C16H29N3O3/c1-7-12-8-13(19(6)18-12)9-16(5,11-20)10-17-14(21)22-15(2,3)4/h8,20H,7,9-11H2,1-6H3,(H,17,21). The molecule has 22 heavy (non-hydrogen) atoms. The molecule has 0 radical (unpaired) electrons. The molecule has 1 rings (SSSR count). The molecule has 0 fully saturated rings. The van der Waals surface area contributed by atoms with Crippen molar-refractivity contribution in [2.45, 2.75) is 53.1 Å². The molecule has 0 aliphatic rings. The van der Waals surface area contributed by atoms with Crippen LogP contribution in [0.1, 0.15) is 46.0 Å². The molecule has 1 atom stereocenters. The van der Waals surface area contributed by atoms with Gasteiger partial charge in [0.1, 0.15) is 5.60 Å². The number of carbonyl (C=O) groups is 1. The van der Waals surface area contributed by atoms with E-state index in [1.54, 1.807) is 0 Å². The third kappa shape index (κ3) is 5.67. The maximum Gasteiger partial charge on any atom is 0.407 e. The Morgan fingerprint density at radius 3 is 2.50 bits per heavy atom. The van der Waals surface area contributed by atoms with Crippen LogP contribution < -0.4 is 5.32 Å². The number of rotatable bonds is 6. The van der Waals surface area contributed by atoms with Gasteiger partial charge in [-0.3, -0.25) is 4.68 Å². The highest BCUT2D eigenvalue weighted by atomic mass is 16.6. The maximum atomic E-state index is 11.8. The van der Waals surface area contributed by atoms with Crippen molar-refractivity contribution in [1.82, 2.24) is 15.1 Å². The molecule has 0 aliphatic heterocycles. The van der Waals surface area contributed by atoms with E-state index in [9.17, 15) is 9.90 Å². The Balaban J connectivity index is 2.67. The van der Waals surface area contributed by atoms with Gasteiger partial charge in [0, 0.05) is 24.7 Å². The summed E-state index contributed by atoms with van der Waals surface area (Å²) in [5.41, 5.74) is 1.07. The lowest BCUT2D eigenvalue weighted by molar-refractivity contribution is 0.0477. The van der Waals surface area contributed by atoms with Crippen LogP contribution in [0.3, 0.4) is 0 Å². The maximum absolute atomic E-state index is 11.8. The summed E-state index contributed by atoms with van der Waals surface area (Å²) < 4.78 is 7.06. The monoisotopic (exact) mass is 311 g/mol. The lowest BCUT2D eigenvalue weighted by Crippen LogP contribution is -2.42. The third-order valence-electron chi connectivity index (χ3n) is 3.44. The second-order valence-electron chi connectivity index (χ2n) is 7.11. The second-order valence-corrected chi connectivity index (χ2v) is 7.11. The predicted octanol–water partition coefficient (Wildman–Crippen LogP) is 2.05. The smallest absolute Gasteiger partial charge is 0.407 e. The van der Waals surface area contributed by atoms with Gasteiger partial charge in [0.2, 0.25) is 0 Å². The fraction of sp³-hybridized carbons (Fsp3) is 0.750. The van der Waals surface area contributed by atoms with Gasteiger partial charge >= 0.3 is 6.09 Å². The summed E-state index contributed by atoms with van der Waals surface area (Å²) in [5, 5.41) is 16.9. The molecule has 1 unspecified atom stereocenters. The Morgan fingerprint density at radius 2 is 2.05 bits per heavy atom. The van der Waals surface area contributed by atoms with Crippen LogP contribution in [0, 0.1) is 5.41 Å². The molecule has 1 aromatic heterocycles. The average Bonchev–Trinajstić information content (AvgIpc) is 2.75. The van der Waals surface area contributed by atoms with E-state index in [4.69, 9.17) is 4.74 Å². The van der Waals surface area contributed by atoms with Gasteiger partial charge in [-0.15, -0.1) is 0 Å². The molecule has 6 heteroatoms. The highest BCUT2D eigenvalue weighted by molar-refractivity contribution is 5.67. The van der Waals surface area contributed by atoms with E-state index >= 15 is 0 Å². The Labute approximate surface area is 132 Å². The number of ether oxygens (including phenoxy) is 1. The van der Waals surface area contributed by atoms with E-state index in [-0.39, 0.29) is 6.61 Å². The summed E-state index contributed by atoms with van der Waals surface area (Å²) in [6.07, 6.45) is 1.04. The van der Waals surface area contributed by atoms with Crippen molar-refractivity contribution in [3.8, 4) is 0 Å². The first-order chi connectivity index (χ1) is 10.1. The molecule has 6 nitrogen and oxygen atoms in total. The number of aryl methyl sites for hydroxylation is 2. The number of aliphatic hydroxyl groups is 1. The van der Waals surface area contributed by atoms with Crippen molar-refractivity contribution in [2.75, 3.05) is 13.2 Å². The number of amides is 1. The van der Waals surface area contributed by atoms with Crippen molar-refractivity contribution < 1.29 is 14.6 Å². The van der Waals surface area contributed by atoms with Crippen LogP contribution in [0.2, 0.25) is 0 Å². The quantitative estimate of drug-likeness (QED) is 0.843. The minimum Gasteiger partial charge on any atom is -0.444 e. The fourth-order valence-corrected chi connectivity index (χ4v) is 2.12.